The minimum absolute atomic E-state index is 0.0834. The number of rotatable bonds is 5. The lowest BCUT2D eigenvalue weighted by Crippen LogP contribution is -2.10. The molecule has 1 aromatic heterocycles. The average molecular weight is 276 g/mol. The third-order valence-corrected chi connectivity index (χ3v) is 3.88. The van der Waals surface area contributed by atoms with Crippen LogP contribution in [0.4, 0.5) is 0 Å². The zero-order chi connectivity index (χ0) is 14.5. The largest absolute Gasteiger partial charge is 0.324 e. The lowest BCUT2D eigenvalue weighted by atomic mass is 9.99. The number of aryl methyl sites for hydroxylation is 1. The summed E-state index contributed by atoms with van der Waals surface area (Å²) in [5, 5.41) is 1.16. The molecule has 21 heavy (non-hydrogen) atoms. The van der Waals surface area contributed by atoms with Crippen LogP contribution in [0.25, 0.3) is 10.9 Å². The molecular formula is C19H20N2. The second-order valence-corrected chi connectivity index (χ2v) is 5.44. The lowest BCUT2D eigenvalue weighted by Gasteiger charge is -2.12. The molecule has 106 valence electrons. The SMILES string of the molecule is NC(CCCc1ccccc1)c1ccc2cccnc2c1. The van der Waals surface area contributed by atoms with Crippen LogP contribution >= 0.6 is 0 Å². The van der Waals surface area contributed by atoms with Gasteiger partial charge >= 0.3 is 0 Å². The van der Waals surface area contributed by atoms with Crippen molar-refractivity contribution < 1.29 is 0 Å². The highest BCUT2D eigenvalue weighted by Crippen LogP contribution is 2.21. The quantitative estimate of drug-likeness (QED) is 0.756. The van der Waals surface area contributed by atoms with Crippen LogP contribution in [0.1, 0.15) is 30.0 Å². The third kappa shape index (κ3) is 3.47. The Hall–Kier alpha value is -2.19. The Kier molecular flexibility index (Phi) is 4.27. The molecular weight excluding hydrogens is 256 g/mol. The fourth-order valence-electron chi connectivity index (χ4n) is 2.65. The molecule has 2 nitrogen and oxygen atoms in total. The summed E-state index contributed by atoms with van der Waals surface area (Å²) < 4.78 is 0. The standard InChI is InChI=1S/C19H20N2/c20-18(10-4-8-15-6-2-1-3-7-15)17-12-11-16-9-5-13-21-19(16)14-17/h1-3,5-7,9,11-14,18H,4,8,10,20H2. The van der Waals surface area contributed by atoms with Crippen LogP contribution in [-0.2, 0) is 6.42 Å². The van der Waals surface area contributed by atoms with Gasteiger partial charge in [0.05, 0.1) is 5.52 Å². The first-order valence-corrected chi connectivity index (χ1v) is 7.47. The molecule has 0 aliphatic heterocycles. The van der Waals surface area contributed by atoms with E-state index >= 15 is 0 Å². The third-order valence-electron chi connectivity index (χ3n) is 3.88. The molecule has 3 aromatic rings. The van der Waals surface area contributed by atoms with Gasteiger partial charge in [-0.3, -0.25) is 4.98 Å². The first-order chi connectivity index (χ1) is 10.3. The minimum atomic E-state index is 0.0834. The van der Waals surface area contributed by atoms with E-state index in [-0.39, 0.29) is 6.04 Å². The van der Waals surface area contributed by atoms with E-state index in [0.29, 0.717) is 0 Å². The molecule has 1 atom stereocenters. The van der Waals surface area contributed by atoms with Crippen molar-refractivity contribution in [1.29, 1.82) is 0 Å². The van der Waals surface area contributed by atoms with Gasteiger partial charge in [-0.15, -0.1) is 0 Å². The minimum Gasteiger partial charge on any atom is -0.324 e. The van der Waals surface area contributed by atoms with Crippen molar-refractivity contribution in [2.75, 3.05) is 0 Å². The predicted molar refractivity (Wildman–Crippen MR) is 88.1 cm³/mol. The summed E-state index contributed by atoms with van der Waals surface area (Å²) in [6.45, 7) is 0. The van der Waals surface area contributed by atoms with Crippen LogP contribution < -0.4 is 5.73 Å². The Balaban J connectivity index is 1.62. The van der Waals surface area contributed by atoms with Gasteiger partial charge in [-0.25, -0.2) is 0 Å². The number of benzene rings is 2. The fraction of sp³-hybridized carbons (Fsp3) is 0.211. The Morgan fingerprint density at radius 3 is 2.67 bits per heavy atom. The van der Waals surface area contributed by atoms with Crippen molar-refractivity contribution in [3.8, 4) is 0 Å². The Morgan fingerprint density at radius 2 is 1.81 bits per heavy atom. The van der Waals surface area contributed by atoms with Crippen molar-refractivity contribution in [3.05, 3.63) is 78.0 Å². The normalized spacial score (nSPS) is 12.4. The lowest BCUT2D eigenvalue weighted by molar-refractivity contribution is 0.612. The number of nitrogens with zero attached hydrogens (tertiary/aromatic N) is 1. The van der Waals surface area contributed by atoms with Gasteiger partial charge in [0.2, 0.25) is 0 Å². The number of hydrogen-bond donors (Lipinski definition) is 1. The maximum Gasteiger partial charge on any atom is 0.0705 e. The van der Waals surface area contributed by atoms with E-state index in [1.54, 1.807) is 0 Å². The topological polar surface area (TPSA) is 38.9 Å². The zero-order valence-electron chi connectivity index (χ0n) is 12.1. The van der Waals surface area contributed by atoms with Crippen molar-refractivity contribution in [2.45, 2.75) is 25.3 Å². The second kappa shape index (κ2) is 6.51. The number of pyridine rings is 1. The molecule has 0 saturated carbocycles. The fourth-order valence-corrected chi connectivity index (χ4v) is 2.65. The molecule has 1 heterocycles. The summed E-state index contributed by atoms with van der Waals surface area (Å²) in [5.41, 5.74) is 9.90. The molecule has 3 rings (SSSR count). The monoisotopic (exact) mass is 276 g/mol. The molecule has 0 amide bonds. The van der Waals surface area contributed by atoms with Gasteiger partial charge in [0.1, 0.15) is 0 Å². The van der Waals surface area contributed by atoms with Crippen LogP contribution in [0.3, 0.4) is 0 Å². The van der Waals surface area contributed by atoms with E-state index in [2.05, 4.69) is 59.6 Å². The molecule has 0 aliphatic rings. The van der Waals surface area contributed by atoms with Crippen LogP contribution in [0.15, 0.2) is 66.9 Å². The highest BCUT2D eigenvalue weighted by molar-refractivity contribution is 5.78. The van der Waals surface area contributed by atoms with Crippen molar-refractivity contribution in [3.63, 3.8) is 0 Å². The molecule has 0 fully saturated rings. The summed E-state index contributed by atoms with van der Waals surface area (Å²) in [4.78, 5) is 4.40. The molecule has 0 bridgehead atoms. The van der Waals surface area contributed by atoms with Crippen LogP contribution in [-0.4, -0.2) is 4.98 Å². The summed E-state index contributed by atoms with van der Waals surface area (Å²) >= 11 is 0. The Bertz CT molecular complexity index is 707. The van der Waals surface area contributed by atoms with Gasteiger partial charge in [-0.1, -0.05) is 48.5 Å². The van der Waals surface area contributed by atoms with Crippen LogP contribution in [0.5, 0.6) is 0 Å². The molecule has 1 unspecified atom stereocenters. The molecule has 0 saturated heterocycles. The van der Waals surface area contributed by atoms with E-state index in [9.17, 15) is 0 Å². The number of nitrogens with two attached hydrogens (primary N) is 1. The van der Waals surface area contributed by atoms with E-state index < -0.39 is 0 Å². The molecule has 2 heteroatoms. The van der Waals surface area contributed by atoms with Gasteiger partial charge in [-0.05, 0) is 42.5 Å². The van der Waals surface area contributed by atoms with Crippen molar-refractivity contribution >= 4 is 10.9 Å². The van der Waals surface area contributed by atoms with Gasteiger partial charge < -0.3 is 5.73 Å². The molecule has 2 aromatic carbocycles. The van der Waals surface area contributed by atoms with E-state index in [1.165, 1.54) is 11.1 Å². The van der Waals surface area contributed by atoms with Crippen molar-refractivity contribution in [1.82, 2.24) is 4.98 Å². The highest BCUT2D eigenvalue weighted by Gasteiger charge is 2.07. The maximum absolute atomic E-state index is 6.32. The van der Waals surface area contributed by atoms with Gasteiger partial charge in [-0.2, -0.15) is 0 Å². The van der Waals surface area contributed by atoms with Crippen LogP contribution in [0.2, 0.25) is 0 Å². The first kappa shape index (κ1) is 13.8. The predicted octanol–water partition coefficient (Wildman–Crippen LogP) is 4.26. The second-order valence-electron chi connectivity index (χ2n) is 5.44. The Morgan fingerprint density at radius 1 is 0.952 bits per heavy atom. The first-order valence-electron chi connectivity index (χ1n) is 7.47. The summed E-state index contributed by atoms with van der Waals surface area (Å²) in [6, 6.07) is 21.0. The summed E-state index contributed by atoms with van der Waals surface area (Å²) in [6.07, 6.45) is 5.01. The molecule has 0 aliphatic carbocycles. The Labute approximate surface area is 125 Å². The zero-order valence-corrected chi connectivity index (χ0v) is 12.1. The summed E-state index contributed by atoms with van der Waals surface area (Å²) in [7, 11) is 0. The average Bonchev–Trinajstić information content (AvgIpc) is 2.55. The van der Waals surface area contributed by atoms with Gasteiger partial charge in [0.25, 0.3) is 0 Å². The van der Waals surface area contributed by atoms with Crippen molar-refractivity contribution in [2.24, 2.45) is 5.73 Å². The van der Waals surface area contributed by atoms with E-state index in [0.717, 1.165) is 30.2 Å². The summed E-state index contributed by atoms with van der Waals surface area (Å²) in [5.74, 6) is 0. The van der Waals surface area contributed by atoms with Gasteiger partial charge in [0, 0.05) is 17.6 Å². The molecule has 0 spiro atoms. The highest BCUT2D eigenvalue weighted by atomic mass is 14.7. The maximum atomic E-state index is 6.32. The smallest absolute Gasteiger partial charge is 0.0705 e. The molecule has 2 N–H and O–H groups in total. The molecule has 0 radical (unpaired) electrons. The number of aromatic nitrogens is 1. The van der Waals surface area contributed by atoms with E-state index in [4.69, 9.17) is 5.73 Å². The van der Waals surface area contributed by atoms with E-state index in [1.807, 2.05) is 12.3 Å². The van der Waals surface area contributed by atoms with Crippen LogP contribution in [0, 0.1) is 0 Å². The number of hydrogen-bond acceptors (Lipinski definition) is 2. The van der Waals surface area contributed by atoms with Gasteiger partial charge in [0.15, 0.2) is 0 Å². The number of fused-ring (bicyclic) bond motifs is 1.